The Labute approximate surface area is 132 Å². The lowest BCUT2D eigenvalue weighted by atomic mass is 10.1. The van der Waals surface area contributed by atoms with E-state index >= 15 is 0 Å². The molecule has 118 valence electrons. The lowest BCUT2D eigenvalue weighted by Crippen LogP contribution is -2.00. The molecule has 0 radical (unpaired) electrons. The van der Waals surface area contributed by atoms with Crippen molar-refractivity contribution in [2.75, 3.05) is 7.11 Å². The first kappa shape index (κ1) is 15.0. The van der Waals surface area contributed by atoms with Crippen LogP contribution in [0.3, 0.4) is 0 Å². The minimum atomic E-state index is -0.373. The lowest BCUT2D eigenvalue weighted by Gasteiger charge is -1.99. The Balaban J connectivity index is 1.67. The number of hydrogen-bond donors (Lipinski definition) is 0. The smallest absolute Gasteiger partial charge is 0.337 e. The first-order valence-electron chi connectivity index (χ1n) is 7.14. The monoisotopic (exact) mass is 312 g/mol. The molecular weight excluding hydrogens is 296 g/mol. The lowest BCUT2D eigenvalue weighted by molar-refractivity contribution is 0.0601. The molecule has 0 aliphatic heterocycles. The Morgan fingerprint density at radius 3 is 2.70 bits per heavy atom. The van der Waals surface area contributed by atoms with Gasteiger partial charge in [0.15, 0.2) is 0 Å². The number of nitrogens with zero attached hydrogens (tertiary/aromatic N) is 4. The number of esters is 1. The number of benzene rings is 1. The average molecular weight is 312 g/mol. The van der Waals surface area contributed by atoms with Gasteiger partial charge in [0.05, 0.1) is 18.9 Å². The van der Waals surface area contributed by atoms with Crippen molar-refractivity contribution in [1.82, 2.24) is 19.9 Å². The first-order valence-corrected chi connectivity index (χ1v) is 7.14. The van der Waals surface area contributed by atoms with Crippen molar-refractivity contribution in [2.24, 2.45) is 7.05 Å². The van der Waals surface area contributed by atoms with Crippen LogP contribution in [0.4, 0.5) is 0 Å². The minimum absolute atomic E-state index is 0.373. The molecular formula is C16H16N4O3. The summed E-state index contributed by atoms with van der Waals surface area (Å²) >= 11 is 0. The summed E-state index contributed by atoms with van der Waals surface area (Å²) in [4.78, 5) is 15.8. The summed E-state index contributed by atoms with van der Waals surface area (Å²) in [5.41, 5.74) is 2.39. The van der Waals surface area contributed by atoms with E-state index in [1.807, 2.05) is 19.4 Å². The van der Waals surface area contributed by atoms with E-state index in [2.05, 4.69) is 20.0 Å². The van der Waals surface area contributed by atoms with Gasteiger partial charge in [-0.15, -0.1) is 0 Å². The van der Waals surface area contributed by atoms with Gasteiger partial charge in [0.1, 0.15) is 0 Å². The van der Waals surface area contributed by atoms with Crippen LogP contribution in [0.2, 0.25) is 0 Å². The molecule has 0 spiro atoms. The summed E-state index contributed by atoms with van der Waals surface area (Å²) in [6.07, 6.45) is 5.22. The van der Waals surface area contributed by atoms with Crippen molar-refractivity contribution in [3.8, 4) is 11.4 Å². The highest BCUT2D eigenvalue weighted by atomic mass is 16.5. The molecule has 3 rings (SSSR count). The standard InChI is InChI=1S/C16H16N4O3/c1-20-10-11(9-17-20)3-8-14-18-15(19-23-14)12-4-6-13(7-5-12)16(21)22-2/h4-7,9-10H,3,8H2,1-2H3. The average Bonchev–Trinajstić information content (AvgIpc) is 3.21. The number of carbonyl (C=O) groups is 1. The molecule has 0 fully saturated rings. The van der Waals surface area contributed by atoms with Crippen molar-refractivity contribution in [2.45, 2.75) is 12.8 Å². The van der Waals surface area contributed by atoms with Crippen molar-refractivity contribution in [3.63, 3.8) is 0 Å². The topological polar surface area (TPSA) is 83.0 Å². The molecule has 0 N–H and O–H groups in total. The highest BCUT2D eigenvalue weighted by Gasteiger charge is 2.11. The van der Waals surface area contributed by atoms with Crippen LogP contribution < -0.4 is 0 Å². The molecule has 0 unspecified atom stereocenters. The fourth-order valence-electron chi connectivity index (χ4n) is 2.20. The molecule has 2 heterocycles. The Morgan fingerprint density at radius 2 is 2.04 bits per heavy atom. The molecule has 23 heavy (non-hydrogen) atoms. The third-order valence-electron chi connectivity index (χ3n) is 3.42. The fraction of sp³-hybridized carbons (Fsp3) is 0.250. The minimum Gasteiger partial charge on any atom is -0.465 e. The predicted molar refractivity (Wildman–Crippen MR) is 81.7 cm³/mol. The van der Waals surface area contributed by atoms with Gasteiger partial charge in [0.25, 0.3) is 0 Å². The normalized spacial score (nSPS) is 10.7. The van der Waals surface area contributed by atoms with Gasteiger partial charge in [0.2, 0.25) is 11.7 Å². The van der Waals surface area contributed by atoms with Gasteiger partial charge in [-0.1, -0.05) is 17.3 Å². The van der Waals surface area contributed by atoms with E-state index in [0.717, 1.165) is 17.5 Å². The highest BCUT2D eigenvalue weighted by molar-refractivity contribution is 5.89. The maximum Gasteiger partial charge on any atom is 0.337 e. The molecule has 0 aliphatic carbocycles. The van der Waals surface area contributed by atoms with Gasteiger partial charge in [-0.3, -0.25) is 4.68 Å². The number of rotatable bonds is 5. The Hall–Kier alpha value is -2.96. The summed E-state index contributed by atoms with van der Waals surface area (Å²) in [6.45, 7) is 0. The van der Waals surface area contributed by atoms with E-state index in [4.69, 9.17) is 4.52 Å². The Bertz CT molecular complexity index is 805. The maximum atomic E-state index is 11.4. The van der Waals surface area contributed by atoms with Gasteiger partial charge >= 0.3 is 5.97 Å². The zero-order chi connectivity index (χ0) is 16.2. The van der Waals surface area contributed by atoms with Crippen LogP contribution in [0.1, 0.15) is 21.8 Å². The van der Waals surface area contributed by atoms with E-state index in [-0.39, 0.29) is 5.97 Å². The van der Waals surface area contributed by atoms with Crippen LogP contribution in [0.15, 0.2) is 41.2 Å². The van der Waals surface area contributed by atoms with Crippen LogP contribution in [0.25, 0.3) is 11.4 Å². The molecule has 0 bridgehead atoms. The van der Waals surface area contributed by atoms with Crippen LogP contribution in [0.5, 0.6) is 0 Å². The second-order valence-corrected chi connectivity index (χ2v) is 5.10. The van der Waals surface area contributed by atoms with E-state index in [1.165, 1.54) is 7.11 Å². The van der Waals surface area contributed by atoms with Crippen LogP contribution in [-0.4, -0.2) is 33.0 Å². The number of ether oxygens (including phenoxy) is 1. The summed E-state index contributed by atoms with van der Waals surface area (Å²) in [6, 6.07) is 6.88. The number of aryl methyl sites for hydroxylation is 3. The van der Waals surface area contributed by atoms with Gasteiger partial charge in [-0.05, 0) is 24.1 Å². The van der Waals surface area contributed by atoms with Crippen molar-refractivity contribution < 1.29 is 14.1 Å². The molecule has 3 aromatic rings. The predicted octanol–water partition coefficient (Wildman–Crippen LogP) is 2.04. The quantitative estimate of drug-likeness (QED) is 0.670. The van der Waals surface area contributed by atoms with Crippen LogP contribution in [0, 0.1) is 0 Å². The first-order chi connectivity index (χ1) is 11.2. The summed E-state index contributed by atoms with van der Waals surface area (Å²) < 4.78 is 11.7. The third-order valence-corrected chi connectivity index (χ3v) is 3.42. The number of aromatic nitrogens is 4. The SMILES string of the molecule is COC(=O)c1ccc(-c2noc(CCc3cnn(C)c3)n2)cc1. The molecule has 0 atom stereocenters. The summed E-state index contributed by atoms with van der Waals surface area (Å²) in [5.74, 6) is 0.699. The molecule has 0 aliphatic rings. The Kier molecular flexibility index (Phi) is 4.18. The number of carbonyl (C=O) groups excluding carboxylic acids is 1. The van der Waals surface area contributed by atoms with Gasteiger partial charge in [0, 0.05) is 25.2 Å². The summed E-state index contributed by atoms with van der Waals surface area (Å²) in [7, 11) is 3.23. The fourth-order valence-corrected chi connectivity index (χ4v) is 2.20. The van der Waals surface area contributed by atoms with Crippen LogP contribution in [-0.2, 0) is 24.6 Å². The largest absolute Gasteiger partial charge is 0.465 e. The number of methoxy groups -OCH3 is 1. The van der Waals surface area contributed by atoms with Crippen molar-refractivity contribution in [1.29, 1.82) is 0 Å². The van der Waals surface area contributed by atoms with E-state index in [1.54, 1.807) is 28.9 Å². The van der Waals surface area contributed by atoms with Crippen LogP contribution >= 0.6 is 0 Å². The molecule has 7 heteroatoms. The van der Waals surface area contributed by atoms with Gasteiger partial charge in [-0.25, -0.2) is 4.79 Å². The molecule has 0 saturated carbocycles. The van der Waals surface area contributed by atoms with Gasteiger partial charge < -0.3 is 9.26 Å². The highest BCUT2D eigenvalue weighted by Crippen LogP contribution is 2.17. The molecule has 2 aromatic heterocycles. The molecule has 1 aromatic carbocycles. The Morgan fingerprint density at radius 1 is 1.26 bits per heavy atom. The second kappa shape index (κ2) is 6.43. The van der Waals surface area contributed by atoms with E-state index in [0.29, 0.717) is 23.7 Å². The zero-order valence-electron chi connectivity index (χ0n) is 12.9. The zero-order valence-corrected chi connectivity index (χ0v) is 12.9. The van der Waals surface area contributed by atoms with Gasteiger partial charge in [-0.2, -0.15) is 10.1 Å². The molecule has 0 saturated heterocycles. The van der Waals surface area contributed by atoms with E-state index in [9.17, 15) is 4.79 Å². The molecule has 0 amide bonds. The summed E-state index contributed by atoms with van der Waals surface area (Å²) in [5, 5.41) is 8.10. The third kappa shape index (κ3) is 3.45. The maximum absolute atomic E-state index is 11.4. The van der Waals surface area contributed by atoms with Crippen molar-refractivity contribution in [3.05, 3.63) is 53.7 Å². The molecule has 7 nitrogen and oxygen atoms in total. The number of hydrogen-bond acceptors (Lipinski definition) is 6. The van der Waals surface area contributed by atoms with Crippen molar-refractivity contribution >= 4 is 5.97 Å². The van der Waals surface area contributed by atoms with E-state index < -0.39 is 0 Å². The second-order valence-electron chi connectivity index (χ2n) is 5.10.